The summed E-state index contributed by atoms with van der Waals surface area (Å²) in [5.41, 5.74) is 2.19. The Balaban J connectivity index is 2.51. The first-order valence-corrected chi connectivity index (χ1v) is 5.14. The number of nitrogens with zero attached hydrogens (tertiary/aromatic N) is 1. The first-order chi connectivity index (χ1) is 6.65. The van der Waals surface area contributed by atoms with Crippen molar-refractivity contribution in [3.63, 3.8) is 0 Å². The van der Waals surface area contributed by atoms with Gasteiger partial charge < -0.3 is 4.42 Å². The Morgan fingerprint density at radius 3 is 2.57 bits per heavy atom. The van der Waals surface area contributed by atoms with Crippen molar-refractivity contribution in [2.75, 3.05) is 0 Å². The van der Waals surface area contributed by atoms with E-state index in [1.165, 1.54) is 5.56 Å². The van der Waals surface area contributed by atoms with Gasteiger partial charge in [0.25, 0.3) is 0 Å². The van der Waals surface area contributed by atoms with Crippen LogP contribution in [-0.2, 0) is 0 Å². The lowest BCUT2D eigenvalue weighted by Gasteiger charge is -1.99. The van der Waals surface area contributed by atoms with Crippen molar-refractivity contribution in [3.8, 4) is 11.5 Å². The number of aryl methyl sites for hydroxylation is 2. The molecule has 1 heterocycles. The second-order valence-corrected chi connectivity index (χ2v) is 4.21. The number of hydrogen-bond donors (Lipinski definition) is 0. The fourth-order valence-corrected chi connectivity index (χ4v) is 1.96. The molecule has 0 radical (unpaired) electrons. The van der Waals surface area contributed by atoms with Crippen LogP contribution in [0.5, 0.6) is 0 Å². The summed E-state index contributed by atoms with van der Waals surface area (Å²) in [6.45, 7) is 3.94. The summed E-state index contributed by atoms with van der Waals surface area (Å²) in [5, 5.41) is 0. The highest BCUT2D eigenvalue weighted by Gasteiger charge is 2.05. The van der Waals surface area contributed by atoms with Crippen LogP contribution in [0.25, 0.3) is 11.5 Å². The van der Waals surface area contributed by atoms with Crippen LogP contribution in [0.4, 0.5) is 0 Å². The van der Waals surface area contributed by atoms with Crippen LogP contribution in [0, 0.1) is 13.8 Å². The fraction of sp³-hybridized carbons (Fsp3) is 0.182. The van der Waals surface area contributed by atoms with Gasteiger partial charge >= 0.3 is 0 Å². The largest absolute Gasteiger partial charge is 0.441 e. The van der Waals surface area contributed by atoms with Crippen LogP contribution in [0.15, 0.2) is 33.3 Å². The molecule has 2 aromatic rings. The molecule has 0 spiro atoms. The van der Waals surface area contributed by atoms with Gasteiger partial charge in [-0.2, -0.15) is 0 Å². The molecule has 72 valence electrons. The third kappa shape index (κ3) is 1.87. The Kier molecular flexibility index (Phi) is 2.42. The van der Waals surface area contributed by atoms with Gasteiger partial charge in [-0.25, -0.2) is 4.98 Å². The van der Waals surface area contributed by atoms with Crippen molar-refractivity contribution in [1.82, 2.24) is 4.98 Å². The van der Waals surface area contributed by atoms with Gasteiger partial charge in [-0.1, -0.05) is 15.9 Å². The molecule has 0 amide bonds. The van der Waals surface area contributed by atoms with Crippen LogP contribution in [-0.4, -0.2) is 4.98 Å². The number of aromatic nitrogens is 1. The first kappa shape index (κ1) is 9.46. The third-order valence-corrected chi connectivity index (χ3v) is 2.37. The average molecular weight is 252 g/mol. The molecule has 1 aromatic heterocycles. The molecule has 1 aromatic carbocycles. The maximum atomic E-state index is 5.45. The summed E-state index contributed by atoms with van der Waals surface area (Å²) in [5.74, 6) is 1.50. The van der Waals surface area contributed by atoms with Gasteiger partial charge in [-0.3, -0.25) is 0 Å². The molecule has 0 saturated heterocycles. The molecule has 0 atom stereocenters. The van der Waals surface area contributed by atoms with E-state index in [1.54, 1.807) is 6.20 Å². The van der Waals surface area contributed by atoms with Crippen molar-refractivity contribution in [1.29, 1.82) is 0 Å². The number of oxazole rings is 1. The molecule has 0 unspecified atom stereocenters. The summed E-state index contributed by atoms with van der Waals surface area (Å²) in [4.78, 5) is 4.18. The highest BCUT2D eigenvalue weighted by molar-refractivity contribution is 9.10. The lowest BCUT2D eigenvalue weighted by molar-refractivity contribution is 0.542. The average Bonchev–Trinajstić information content (AvgIpc) is 2.50. The topological polar surface area (TPSA) is 26.0 Å². The predicted octanol–water partition coefficient (Wildman–Crippen LogP) is 3.72. The van der Waals surface area contributed by atoms with Gasteiger partial charge in [-0.05, 0) is 37.6 Å². The van der Waals surface area contributed by atoms with Gasteiger partial charge in [0.2, 0.25) is 5.89 Å². The molecule has 2 rings (SSSR count). The van der Waals surface area contributed by atoms with Crippen molar-refractivity contribution in [2.45, 2.75) is 13.8 Å². The van der Waals surface area contributed by atoms with E-state index < -0.39 is 0 Å². The standard InChI is InChI=1S/C11H10BrNO/c1-7-3-9(5-10(12)4-7)11-13-6-8(2)14-11/h3-6H,1-2H3. The molecule has 0 N–H and O–H groups in total. The number of rotatable bonds is 1. The second-order valence-electron chi connectivity index (χ2n) is 3.29. The normalized spacial score (nSPS) is 10.5. The Labute approximate surface area is 91.1 Å². The van der Waals surface area contributed by atoms with E-state index in [0.717, 1.165) is 15.8 Å². The Morgan fingerprint density at radius 2 is 2.00 bits per heavy atom. The predicted molar refractivity (Wildman–Crippen MR) is 59.1 cm³/mol. The van der Waals surface area contributed by atoms with Crippen LogP contribution >= 0.6 is 15.9 Å². The van der Waals surface area contributed by atoms with E-state index in [0.29, 0.717) is 5.89 Å². The third-order valence-electron chi connectivity index (χ3n) is 1.91. The Morgan fingerprint density at radius 1 is 1.21 bits per heavy atom. The van der Waals surface area contributed by atoms with Crippen molar-refractivity contribution < 1.29 is 4.42 Å². The van der Waals surface area contributed by atoms with Crippen LogP contribution in [0.2, 0.25) is 0 Å². The van der Waals surface area contributed by atoms with Gasteiger partial charge in [0, 0.05) is 10.0 Å². The lowest BCUT2D eigenvalue weighted by atomic mass is 10.1. The molecule has 0 bridgehead atoms. The maximum Gasteiger partial charge on any atom is 0.226 e. The molecule has 0 fully saturated rings. The van der Waals surface area contributed by atoms with Crippen LogP contribution in [0.3, 0.4) is 0 Å². The summed E-state index contributed by atoms with van der Waals surface area (Å²) in [6, 6.07) is 6.10. The van der Waals surface area contributed by atoms with Gasteiger partial charge in [0.05, 0.1) is 6.20 Å². The first-order valence-electron chi connectivity index (χ1n) is 4.35. The van der Waals surface area contributed by atoms with Crippen molar-refractivity contribution in [2.24, 2.45) is 0 Å². The summed E-state index contributed by atoms with van der Waals surface area (Å²) in [6.07, 6.45) is 1.73. The number of halogens is 1. The molecule has 0 aliphatic heterocycles. The zero-order valence-corrected chi connectivity index (χ0v) is 9.63. The lowest BCUT2D eigenvalue weighted by Crippen LogP contribution is -1.79. The van der Waals surface area contributed by atoms with Crippen molar-refractivity contribution in [3.05, 3.63) is 40.2 Å². The minimum Gasteiger partial charge on any atom is -0.441 e. The monoisotopic (exact) mass is 251 g/mol. The van der Waals surface area contributed by atoms with E-state index in [2.05, 4.69) is 33.0 Å². The molecular weight excluding hydrogens is 242 g/mol. The van der Waals surface area contributed by atoms with E-state index in [-0.39, 0.29) is 0 Å². The quantitative estimate of drug-likeness (QED) is 0.773. The summed E-state index contributed by atoms with van der Waals surface area (Å²) >= 11 is 3.45. The van der Waals surface area contributed by atoms with E-state index >= 15 is 0 Å². The van der Waals surface area contributed by atoms with Gasteiger partial charge in [-0.15, -0.1) is 0 Å². The van der Waals surface area contributed by atoms with Crippen LogP contribution in [0.1, 0.15) is 11.3 Å². The Bertz CT molecular complexity index is 442. The molecule has 2 nitrogen and oxygen atoms in total. The maximum absolute atomic E-state index is 5.45. The minimum atomic E-state index is 0.673. The molecule has 0 aliphatic carbocycles. The SMILES string of the molecule is Cc1cc(Br)cc(-c2ncc(C)o2)c1. The highest BCUT2D eigenvalue weighted by Crippen LogP contribution is 2.24. The van der Waals surface area contributed by atoms with Crippen LogP contribution < -0.4 is 0 Å². The minimum absolute atomic E-state index is 0.673. The van der Waals surface area contributed by atoms with Crippen molar-refractivity contribution >= 4 is 15.9 Å². The molecule has 14 heavy (non-hydrogen) atoms. The highest BCUT2D eigenvalue weighted by atomic mass is 79.9. The molecule has 0 saturated carbocycles. The van der Waals surface area contributed by atoms with E-state index in [1.807, 2.05) is 19.9 Å². The second kappa shape index (κ2) is 3.58. The van der Waals surface area contributed by atoms with E-state index in [9.17, 15) is 0 Å². The van der Waals surface area contributed by atoms with E-state index in [4.69, 9.17) is 4.42 Å². The zero-order valence-electron chi connectivity index (χ0n) is 8.04. The molecule has 0 aliphatic rings. The summed E-state index contributed by atoms with van der Waals surface area (Å²) in [7, 11) is 0. The zero-order chi connectivity index (χ0) is 10.1. The van der Waals surface area contributed by atoms with Gasteiger partial charge in [0.15, 0.2) is 0 Å². The number of benzene rings is 1. The fourth-order valence-electron chi connectivity index (χ4n) is 1.35. The Hall–Kier alpha value is -1.09. The number of hydrogen-bond acceptors (Lipinski definition) is 2. The summed E-state index contributed by atoms with van der Waals surface area (Å²) < 4.78 is 6.49. The molecular formula is C11H10BrNO. The smallest absolute Gasteiger partial charge is 0.226 e. The molecule has 3 heteroatoms. The van der Waals surface area contributed by atoms with Gasteiger partial charge in [0.1, 0.15) is 5.76 Å².